The number of hydrogen-bond acceptors (Lipinski definition) is 5. The number of carboxylic acid groups (broad SMARTS) is 1. The number of para-hydroxylation sites is 1. The number of carbonyl (C=O) groups is 1. The molecule has 0 aliphatic heterocycles. The maximum atomic E-state index is 12.0. The molecule has 0 spiro atoms. The molecular weight excluding hydrogens is 476 g/mol. The molecule has 0 bridgehead atoms. The fourth-order valence-corrected chi connectivity index (χ4v) is 5.42. The average Bonchev–Trinajstić information content (AvgIpc) is 3.34. The summed E-state index contributed by atoms with van der Waals surface area (Å²) >= 11 is 0. The standard InChI is InChI=1S/C31H26N4O3/c1-31(2)27(28(31)30(36)37)29-34-25-15-23(38-18-22-12-11-21-5-3-4-6-24(21)33-22)13-14-26(25)35(29)17-20-9-7-19(16-32)8-10-20/h3-15,27-28H,17-18H2,1-2H3,(H,36,37). The van der Waals surface area contributed by atoms with E-state index < -0.39 is 17.3 Å². The molecule has 2 heterocycles. The molecular formula is C31H26N4O3. The number of aromatic nitrogens is 3. The highest BCUT2D eigenvalue weighted by atomic mass is 16.5. The first-order valence-electron chi connectivity index (χ1n) is 12.5. The van der Waals surface area contributed by atoms with E-state index in [4.69, 9.17) is 15.0 Å². The van der Waals surface area contributed by atoms with Gasteiger partial charge in [-0.15, -0.1) is 0 Å². The summed E-state index contributed by atoms with van der Waals surface area (Å²) in [6.45, 7) is 4.81. The van der Waals surface area contributed by atoms with Crippen molar-refractivity contribution in [1.29, 1.82) is 5.26 Å². The van der Waals surface area contributed by atoms with Crippen molar-refractivity contribution in [3.63, 3.8) is 0 Å². The summed E-state index contributed by atoms with van der Waals surface area (Å²) in [5.74, 6) is -0.0588. The number of imidazole rings is 1. The fraction of sp³-hybridized carbons (Fsp3) is 0.226. The minimum atomic E-state index is -0.802. The second-order valence-corrected chi connectivity index (χ2v) is 10.4. The molecule has 0 saturated heterocycles. The van der Waals surface area contributed by atoms with Gasteiger partial charge in [0, 0.05) is 23.9 Å². The molecule has 188 valence electrons. The summed E-state index contributed by atoms with van der Waals surface area (Å²) < 4.78 is 8.18. The average molecular weight is 503 g/mol. The highest BCUT2D eigenvalue weighted by molar-refractivity contribution is 5.81. The number of aliphatic carboxylic acids is 1. The van der Waals surface area contributed by atoms with Crippen molar-refractivity contribution in [1.82, 2.24) is 14.5 Å². The third-order valence-corrected chi connectivity index (χ3v) is 7.59. The van der Waals surface area contributed by atoms with E-state index in [1.165, 1.54) is 0 Å². The molecule has 1 saturated carbocycles. The van der Waals surface area contributed by atoms with Crippen molar-refractivity contribution in [2.75, 3.05) is 0 Å². The number of carboxylic acids is 1. The van der Waals surface area contributed by atoms with Gasteiger partial charge in [0.05, 0.1) is 39.8 Å². The lowest BCUT2D eigenvalue weighted by Gasteiger charge is -2.11. The third kappa shape index (κ3) is 4.14. The first-order chi connectivity index (χ1) is 18.3. The second-order valence-electron chi connectivity index (χ2n) is 10.4. The summed E-state index contributed by atoms with van der Waals surface area (Å²) in [4.78, 5) is 21.6. The Hall–Kier alpha value is -4.70. The van der Waals surface area contributed by atoms with Gasteiger partial charge in [0.1, 0.15) is 18.2 Å². The predicted molar refractivity (Wildman–Crippen MR) is 144 cm³/mol. The minimum absolute atomic E-state index is 0.197. The SMILES string of the molecule is CC1(C)C(C(=O)O)C1c1nc2cc(OCc3ccc4ccccc4n3)ccc2n1Cc1ccc(C#N)cc1. The van der Waals surface area contributed by atoms with Gasteiger partial charge in [-0.25, -0.2) is 9.97 Å². The van der Waals surface area contributed by atoms with Crippen LogP contribution in [0.1, 0.15) is 42.4 Å². The maximum absolute atomic E-state index is 12.0. The van der Waals surface area contributed by atoms with E-state index >= 15 is 0 Å². The Morgan fingerprint density at radius 1 is 1.03 bits per heavy atom. The van der Waals surface area contributed by atoms with Gasteiger partial charge in [0.2, 0.25) is 0 Å². The van der Waals surface area contributed by atoms with Crippen molar-refractivity contribution in [3.8, 4) is 11.8 Å². The molecule has 2 atom stereocenters. The van der Waals surface area contributed by atoms with Gasteiger partial charge in [-0.3, -0.25) is 4.79 Å². The molecule has 6 rings (SSSR count). The smallest absolute Gasteiger partial charge is 0.307 e. The van der Waals surface area contributed by atoms with Crippen LogP contribution >= 0.6 is 0 Å². The molecule has 0 amide bonds. The summed E-state index contributed by atoms with van der Waals surface area (Å²) in [5, 5.41) is 20.1. The number of nitriles is 1. The zero-order chi connectivity index (χ0) is 26.4. The van der Waals surface area contributed by atoms with Crippen LogP contribution in [0.15, 0.2) is 78.9 Å². The van der Waals surface area contributed by atoms with E-state index in [0.29, 0.717) is 24.5 Å². The van der Waals surface area contributed by atoms with Crippen LogP contribution < -0.4 is 4.74 Å². The number of pyridine rings is 1. The summed E-state index contributed by atoms with van der Waals surface area (Å²) in [5.41, 5.74) is 4.64. The molecule has 2 aromatic heterocycles. The number of rotatable bonds is 7. The first-order valence-corrected chi connectivity index (χ1v) is 12.5. The van der Waals surface area contributed by atoms with E-state index in [-0.39, 0.29) is 5.92 Å². The van der Waals surface area contributed by atoms with E-state index in [2.05, 4.69) is 15.6 Å². The van der Waals surface area contributed by atoms with E-state index in [1.807, 2.05) is 80.6 Å². The molecule has 1 aliphatic rings. The predicted octanol–water partition coefficient (Wildman–Crippen LogP) is 5.91. The molecule has 1 aliphatic carbocycles. The van der Waals surface area contributed by atoms with Crippen molar-refractivity contribution in [2.45, 2.75) is 32.9 Å². The van der Waals surface area contributed by atoms with E-state index in [9.17, 15) is 9.90 Å². The Labute approximate surface area is 220 Å². The quantitative estimate of drug-likeness (QED) is 0.297. The van der Waals surface area contributed by atoms with Gasteiger partial charge in [-0.05, 0) is 47.4 Å². The van der Waals surface area contributed by atoms with Crippen LogP contribution in [0.5, 0.6) is 5.75 Å². The normalized spacial score (nSPS) is 17.8. The number of fused-ring (bicyclic) bond motifs is 2. The van der Waals surface area contributed by atoms with Gasteiger partial charge < -0.3 is 14.4 Å². The van der Waals surface area contributed by atoms with Crippen molar-refractivity contribution in [2.24, 2.45) is 11.3 Å². The molecule has 1 fully saturated rings. The number of ether oxygens (including phenoxy) is 1. The van der Waals surface area contributed by atoms with Crippen LogP contribution in [0.2, 0.25) is 0 Å². The zero-order valence-corrected chi connectivity index (χ0v) is 21.1. The Morgan fingerprint density at radius 3 is 2.55 bits per heavy atom. The monoisotopic (exact) mass is 502 g/mol. The molecule has 7 nitrogen and oxygen atoms in total. The summed E-state index contributed by atoms with van der Waals surface area (Å²) in [7, 11) is 0. The fourth-order valence-electron chi connectivity index (χ4n) is 5.42. The molecule has 2 unspecified atom stereocenters. The largest absolute Gasteiger partial charge is 0.487 e. The van der Waals surface area contributed by atoms with Gasteiger partial charge in [-0.2, -0.15) is 5.26 Å². The number of hydrogen-bond donors (Lipinski definition) is 1. The van der Waals surface area contributed by atoms with Crippen LogP contribution in [0.25, 0.3) is 21.9 Å². The minimum Gasteiger partial charge on any atom is -0.487 e. The van der Waals surface area contributed by atoms with Crippen LogP contribution in [0.3, 0.4) is 0 Å². The zero-order valence-electron chi connectivity index (χ0n) is 21.1. The molecule has 3 aromatic carbocycles. The summed E-state index contributed by atoms with van der Waals surface area (Å²) in [6, 6.07) is 27.4. The lowest BCUT2D eigenvalue weighted by atomic mass is 10.1. The molecule has 1 N–H and O–H groups in total. The Morgan fingerprint density at radius 2 is 1.82 bits per heavy atom. The van der Waals surface area contributed by atoms with Crippen LogP contribution in [0, 0.1) is 22.7 Å². The van der Waals surface area contributed by atoms with Crippen LogP contribution in [-0.4, -0.2) is 25.6 Å². The van der Waals surface area contributed by atoms with Gasteiger partial charge in [-0.1, -0.05) is 50.2 Å². The molecule has 5 aromatic rings. The molecule has 38 heavy (non-hydrogen) atoms. The second kappa shape index (κ2) is 9.00. The van der Waals surface area contributed by atoms with Crippen molar-refractivity contribution in [3.05, 3.63) is 102 Å². The number of nitrogens with zero attached hydrogens (tertiary/aromatic N) is 4. The molecule has 7 heteroatoms. The summed E-state index contributed by atoms with van der Waals surface area (Å²) in [6.07, 6.45) is 0. The van der Waals surface area contributed by atoms with Crippen LogP contribution in [-0.2, 0) is 17.9 Å². The Balaban J connectivity index is 1.33. The number of benzene rings is 3. The van der Waals surface area contributed by atoms with Gasteiger partial charge >= 0.3 is 5.97 Å². The van der Waals surface area contributed by atoms with Crippen molar-refractivity contribution >= 4 is 27.9 Å². The van der Waals surface area contributed by atoms with Crippen molar-refractivity contribution < 1.29 is 14.6 Å². The topological polar surface area (TPSA) is 101 Å². The van der Waals surface area contributed by atoms with E-state index in [0.717, 1.165) is 39.0 Å². The maximum Gasteiger partial charge on any atom is 0.307 e. The third-order valence-electron chi connectivity index (χ3n) is 7.59. The lowest BCUT2D eigenvalue weighted by Crippen LogP contribution is -2.07. The highest BCUT2D eigenvalue weighted by Crippen LogP contribution is 2.64. The Bertz CT molecular complexity index is 1730. The molecule has 0 radical (unpaired) electrons. The van der Waals surface area contributed by atoms with Crippen LogP contribution in [0.4, 0.5) is 0 Å². The van der Waals surface area contributed by atoms with Gasteiger partial charge in [0.25, 0.3) is 0 Å². The highest BCUT2D eigenvalue weighted by Gasteiger charge is 2.64. The Kier molecular flexibility index (Phi) is 5.61. The first kappa shape index (κ1) is 23.7. The van der Waals surface area contributed by atoms with Gasteiger partial charge in [0.15, 0.2) is 0 Å². The lowest BCUT2D eigenvalue weighted by molar-refractivity contribution is -0.139. The van der Waals surface area contributed by atoms with E-state index in [1.54, 1.807) is 12.1 Å².